The zero-order valence-electron chi connectivity index (χ0n) is 15.1. The Balaban J connectivity index is 1.62. The summed E-state index contributed by atoms with van der Waals surface area (Å²) in [6, 6.07) is 23.3. The van der Waals surface area contributed by atoms with Gasteiger partial charge in [-0.3, -0.25) is 4.98 Å². The minimum atomic E-state index is 0.622. The van der Waals surface area contributed by atoms with Crippen LogP contribution in [0.1, 0.15) is 5.69 Å². The molecule has 29 heavy (non-hydrogen) atoms. The van der Waals surface area contributed by atoms with Crippen molar-refractivity contribution in [2.24, 2.45) is 0 Å². The second-order valence-electron chi connectivity index (χ2n) is 6.03. The van der Waals surface area contributed by atoms with Gasteiger partial charge in [0.05, 0.1) is 5.69 Å². The number of rotatable bonds is 6. The molecule has 0 saturated heterocycles. The topological polar surface area (TPSA) is 38.7 Å². The van der Waals surface area contributed by atoms with Gasteiger partial charge in [0, 0.05) is 31.8 Å². The molecule has 0 unspecified atom stereocenters. The van der Waals surface area contributed by atoms with Crippen molar-refractivity contribution >= 4 is 46.7 Å². The van der Waals surface area contributed by atoms with Gasteiger partial charge >= 0.3 is 0 Å². The van der Waals surface area contributed by atoms with E-state index in [2.05, 4.69) is 4.98 Å². The molecule has 0 bridgehead atoms. The van der Waals surface area contributed by atoms with Crippen LogP contribution in [-0.4, -0.2) is 15.0 Å². The number of halogens is 2. The molecule has 0 radical (unpaired) electrons. The number of thioether (sulfide) groups is 1. The number of nitrogens with zero attached hydrogens (tertiary/aromatic N) is 3. The first-order valence-electron chi connectivity index (χ1n) is 8.77. The molecule has 0 aliphatic heterocycles. The molecule has 2 aromatic carbocycles. The van der Waals surface area contributed by atoms with Crippen LogP contribution in [0.3, 0.4) is 0 Å². The average molecular weight is 456 g/mol. The van der Waals surface area contributed by atoms with Gasteiger partial charge in [-0.15, -0.1) is 11.8 Å². The highest BCUT2D eigenvalue weighted by atomic mass is 35.5. The zero-order valence-corrected chi connectivity index (χ0v) is 18.3. The smallest absolute Gasteiger partial charge is 0.179 e. The van der Waals surface area contributed by atoms with Crippen molar-refractivity contribution in [3.63, 3.8) is 0 Å². The van der Waals surface area contributed by atoms with E-state index in [4.69, 9.17) is 33.2 Å². The standard InChI is InChI=1S/C22H15Cl2N3S2/c23-15-4-8-18(9-5-15)28-14-17-13-21(29-19-10-6-16(24)7-11-19)27-22(26-17)20-3-1-2-12-25-20/h1-13H,14H2. The predicted octanol–water partition coefficient (Wildman–Crippen LogP) is 7.29. The van der Waals surface area contributed by atoms with Crippen LogP contribution >= 0.6 is 46.7 Å². The third-order valence-electron chi connectivity index (χ3n) is 3.89. The van der Waals surface area contributed by atoms with Gasteiger partial charge < -0.3 is 0 Å². The summed E-state index contributed by atoms with van der Waals surface area (Å²) in [5.41, 5.74) is 1.70. The summed E-state index contributed by atoms with van der Waals surface area (Å²) in [5.74, 6) is 1.34. The first-order chi connectivity index (χ1) is 14.2. The molecule has 4 rings (SSSR count). The van der Waals surface area contributed by atoms with E-state index < -0.39 is 0 Å². The minimum absolute atomic E-state index is 0.622. The lowest BCUT2D eigenvalue weighted by Crippen LogP contribution is -1.98. The van der Waals surface area contributed by atoms with Crippen molar-refractivity contribution in [2.45, 2.75) is 20.6 Å². The molecule has 3 nitrogen and oxygen atoms in total. The highest BCUT2D eigenvalue weighted by Gasteiger charge is 2.10. The molecule has 7 heteroatoms. The molecule has 4 aromatic rings. The number of hydrogen-bond donors (Lipinski definition) is 0. The summed E-state index contributed by atoms with van der Waals surface area (Å²) in [6.07, 6.45) is 1.75. The minimum Gasteiger partial charge on any atom is -0.253 e. The van der Waals surface area contributed by atoms with Crippen LogP contribution in [-0.2, 0) is 5.75 Å². The maximum absolute atomic E-state index is 6.00. The van der Waals surface area contributed by atoms with E-state index in [0.29, 0.717) is 10.8 Å². The molecule has 0 fully saturated rings. The van der Waals surface area contributed by atoms with Crippen molar-refractivity contribution in [1.82, 2.24) is 15.0 Å². The molecule has 2 aromatic heterocycles. The Morgan fingerprint density at radius 2 is 1.45 bits per heavy atom. The Morgan fingerprint density at radius 1 is 0.759 bits per heavy atom. The van der Waals surface area contributed by atoms with Crippen LogP contribution in [0.2, 0.25) is 10.0 Å². The fraction of sp³-hybridized carbons (Fsp3) is 0.0455. The molecule has 144 valence electrons. The number of benzene rings is 2. The average Bonchev–Trinajstić information content (AvgIpc) is 2.75. The summed E-state index contributed by atoms with van der Waals surface area (Å²) in [7, 11) is 0. The fourth-order valence-electron chi connectivity index (χ4n) is 2.52. The lowest BCUT2D eigenvalue weighted by molar-refractivity contribution is 0.997. The van der Waals surface area contributed by atoms with E-state index in [0.717, 1.165) is 37.0 Å². The first kappa shape index (κ1) is 20.2. The molecule has 2 heterocycles. The number of aromatic nitrogens is 3. The van der Waals surface area contributed by atoms with Gasteiger partial charge in [-0.2, -0.15) is 0 Å². The Labute approximate surface area is 187 Å². The van der Waals surface area contributed by atoms with Crippen LogP contribution in [0.4, 0.5) is 0 Å². The van der Waals surface area contributed by atoms with Crippen molar-refractivity contribution in [1.29, 1.82) is 0 Å². The van der Waals surface area contributed by atoms with E-state index in [1.165, 1.54) is 0 Å². The molecular weight excluding hydrogens is 441 g/mol. The van der Waals surface area contributed by atoms with E-state index in [1.54, 1.807) is 29.7 Å². The second-order valence-corrected chi connectivity index (χ2v) is 9.05. The molecule has 0 aliphatic carbocycles. The van der Waals surface area contributed by atoms with Gasteiger partial charge in [0.1, 0.15) is 10.7 Å². The zero-order chi connectivity index (χ0) is 20.1. The quantitative estimate of drug-likeness (QED) is 0.225. The Morgan fingerprint density at radius 3 is 2.10 bits per heavy atom. The summed E-state index contributed by atoms with van der Waals surface area (Å²) < 4.78 is 0. The van der Waals surface area contributed by atoms with Crippen LogP contribution in [0.25, 0.3) is 11.5 Å². The van der Waals surface area contributed by atoms with Gasteiger partial charge in [-0.05, 0) is 66.7 Å². The highest BCUT2D eigenvalue weighted by molar-refractivity contribution is 7.99. The van der Waals surface area contributed by atoms with Gasteiger partial charge in [-0.1, -0.05) is 41.0 Å². The predicted molar refractivity (Wildman–Crippen MR) is 122 cm³/mol. The largest absolute Gasteiger partial charge is 0.253 e. The molecular formula is C22H15Cl2N3S2. The van der Waals surface area contributed by atoms with Crippen LogP contribution < -0.4 is 0 Å². The van der Waals surface area contributed by atoms with Crippen molar-refractivity contribution in [3.8, 4) is 11.5 Å². The van der Waals surface area contributed by atoms with Crippen molar-refractivity contribution in [2.75, 3.05) is 0 Å². The molecule has 0 N–H and O–H groups in total. The van der Waals surface area contributed by atoms with E-state index in [1.807, 2.05) is 72.8 Å². The number of hydrogen-bond acceptors (Lipinski definition) is 5. The van der Waals surface area contributed by atoms with E-state index >= 15 is 0 Å². The maximum atomic E-state index is 6.00. The number of pyridine rings is 1. The molecule has 0 aliphatic rings. The molecule has 0 saturated carbocycles. The lowest BCUT2D eigenvalue weighted by Gasteiger charge is -2.08. The molecule has 0 spiro atoms. The summed E-state index contributed by atoms with van der Waals surface area (Å²) >= 11 is 15.3. The Hall–Kier alpha value is -2.05. The molecule has 0 atom stereocenters. The van der Waals surface area contributed by atoms with Crippen LogP contribution in [0, 0.1) is 0 Å². The van der Waals surface area contributed by atoms with Crippen LogP contribution in [0.15, 0.2) is 93.8 Å². The van der Waals surface area contributed by atoms with Gasteiger partial charge in [0.2, 0.25) is 0 Å². The summed E-state index contributed by atoms with van der Waals surface area (Å²) in [5, 5.41) is 2.32. The lowest BCUT2D eigenvalue weighted by atomic mass is 10.3. The normalized spacial score (nSPS) is 10.8. The highest BCUT2D eigenvalue weighted by Crippen LogP contribution is 2.31. The molecule has 0 amide bonds. The SMILES string of the molecule is Clc1ccc(SCc2cc(Sc3ccc(Cl)cc3)nc(-c3ccccn3)n2)cc1. The summed E-state index contributed by atoms with van der Waals surface area (Å²) in [4.78, 5) is 16.1. The summed E-state index contributed by atoms with van der Waals surface area (Å²) in [6.45, 7) is 0. The van der Waals surface area contributed by atoms with Gasteiger partial charge in [0.15, 0.2) is 5.82 Å². The monoisotopic (exact) mass is 455 g/mol. The van der Waals surface area contributed by atoms with Crippen molar-refractivity contribution in [3.05, 3.63) is 94.7 Å². The van der Waals surface area contributed by atoms with Crippen molar-refractivity contribution < 1.29 is 0 Å². The Bertz CT molecular complexity index is 1090. The maximum Gasteiger partial charge on any atom is 0.179 e. The first-order valence-corrected chi connectivity index (χ1v) is 11.3. The van der Waals surface area contributed by atoms with E-state index in [-0.39, 0.29) is 0 Å². The van der Waals surface area contributed by atoms with Gasteiger partial charge in [0.25, 0.3) is 0 Å². The third kappa shape index (κ3) is 5.73. The third-order valence-corrected chi connectivity index (χ3v) is 6.36. The fourth-order valence-corrected chi connectivity index (χ4v) is 4.40. The van der Waals surface area contributed by atoms with Gasteiger partial charge in [-0.25, -0.2) is 9.97 Å². The second kappa shape index (κ2) is 9.63. The van der Waals surface area contributed by atoms with E-state index in [9.17, 15) is 0 Å². The Kier molecular flexibility index (Phi) is 6.72. The van der Waals surface area contributed by atoms with Crippen LogP contribution in [0.5, 0.6) is 0 Å².